The van der Waals surface area contributed by atoms with Crippen LogP contribution in [-0.4, -0.2) is 43.8 Å². The standard InChI is InChI=1S/C21H18F3N7O2S/c1-33-13-8-6-12(7-9-13)16-10-17(28-27-16)19-29-30-20(31(19)25)34-11-18(32)26-15-5-3-2-4-14(15)21(22,23)24/h2-10H,11,25H2,1H3,(H,26,32)(H,27,28). The van der Waals surface area contributed by atoms with Gasteiger partial charge < -0.3 is 15.9 Å². The third-order valence-electron chi connectivity index (χ3n) is 4.71. The Morgan fingerprint density at radius 2 is 1.91 bits per heavy atom. The van der Waals surface area contributed by atoms with Gasteiger partial charge in [-0.05, 0) is 42.5 Å². The highest BCUT2D eigenvalue weighted by Crippen LogP contribution is 2.34. The molecular weight excluding hydrogens is 471 g/mol. The summed E-state index contributed by atoms with van der Waals surface area (Å²) < 4.78 is 45.6. The zero-order valence-electron chi connectivity index (χ0n) is 17.6. The predicted molar refractivity (Wildman–Crippen MR) is 121 cm³/mol. The maximum Gasteiger partial charge on any atom is 0.418 e. The first-order valence-electron chi connectivity index (χ1n) is 9.76. The van der Waals surface area contributed by atoms with Gasteiger partial charge in [0.1, 0.15) is 11.4 Å². The molecule has 2 aromatic carbocycles. The van der Waals surface area contributed by atoms with Gasteiger partial charge in [-0.3, -0.25) is 9.89 Å². The minimum atomic E-state index is -4.59. The topological polar surface area (TPSA) is 124 Å². The first kappa shape index (κ1) is 23.2. The minimum Gasteiger partial charge on any atom is -0.497 e. The number of anilines is 1. The minimum absolute atomic E-state index is 0.204. The Labute approximate surface area is 195 Å². The zero-order valence-corrected chi connectivity index (χ0v) is 18.4. The highest BCUT2D eigenvalue weighted by molar-refractivity contribution is 7.99. The smallest absolute Gasteiger partial charge is 0.418 e. The van der Waals surface area contributed by atoms with Crippen molar-refractivity contribution < 1.29 is 22.7 Å². The number of nitrogens with zero attached hydrogens (tertiary/aromatic N) is 4. The summed E-state index contributed by atoms with van der Waals surface area (Å²) in [5.74, 6) is 6.19. The molecule has 2 aromatic heterocycles. The highest BCUT2D eigenvalue weighted by Gasteiger charge is 2.33. The Hall–Kier alpha value is -4.00. The molecule has 4 rings (SSSR count). The molecule has 13 heteroatoms. The number of halogens is 3. The van der Waals surface area contributed by atoms with E-state index in [1.807, 2.05) is 24.3 Å². The van der Waals surface area contributed by atoms with E-state index in [4.69, 9.17) is 10.6 Å². The fourth-order valence-corrected chi connectivity index (χ4v) is 3.72. The van der Waals surface area contributed by atoms with Gasteiger partial charge in [-0.1, -0.05) is 23.9 Å². The fourth-order valence-electron chi connectivity index (χ4n) is 3.06. The van der Waals surface area contributed by atoms with Crippen molar-refractivity contribution >= 4 is 23.4 Å². The largest absolute Gasteiger partial charge is 0.497 e. The first-order chi connectivity index (χ1) is 16.3. The number of ether oxygens (including phenoxy) is 1. The van der Waals surface area contributed by atoms with E-state index in [9.17, 15) is 18.0 Å². The van der Waals surface area contributed by atoms with Crippen LogP contribution in [0.4, 0.5) is 18.9 Å². The predicted octanol–water partition coefficient (Wildman–Crippen LogP) is 3.81. The number of para-hydroxylation sites is 1. The number of thioether (sulfide) groups is 1. The Balaban J connectivity index is 1.43. The number of carbonyl (C=O) groups is 1. The first-order valence-corrected chi connectivity index (χ1v) is 10.7. The number of hydrogen-bond donors (Lipinski definition) is 3. The Kier molecular flexibility index (Phi) is 6.45. The lowest BCUT2D eigenvalue weighted by molar-refractivity contribution is -0.137. The van der Waals surface area contributed by atoms with Crippen molar-refractivity contribution in [2.45, 2.75) is 11.3 Å². The number of hydrogen-bond acceptors (Lipinski definition) is 7. The molecule has 0 bridgehead atoms. The van der Waals surface area contributed by atoms with E-state index >= 15 is 0 Å². The maximum absolute atomic E-state index is 13.1. The number of carbonyl (C=O) groups excluding carboxylic acids is 1. The van der Waals surface area contributed by atoms with Crippen molar-refractivity contribution in [3.63, 3.8) is 0 Å². The number of alkyl halides is 3. The summed E-state index contributed by atoms with van der Waals surface area (Å²) in [4.78, 5) is 12.2. The van der Waals surface area contributed by atoms with Crippen LogP contribution in [0.25, 0.3) is 22.8 Å². The Morgan fingerprint density at radius 3 is 2.62 bits per heavy atom. The molecule has 4 aromatic rings. The van der Waals surface area contributed by atoms with E-state index in [2.05, 4.69) is 25.7 Å². The highest BCUT2D eigenvalue weighted by atomic mass is 32.2. The van der Waals surface area contributed by atoms with Crippen LogP contribution >= 0.6 is 11.8 Å². The monoisotopic (exact) mass is 489 g/mol. The summed E-state index contributed by atoms with van der Waals surface area (Å²) >= 11 is 0.933. The Bertz CT molecular complexity index is 1300. The second-order valence-corrected chi connectivity index (χ2v) is 7.89. The van der Waals surface area contributed by atoms with Crippen molar-refractivity contribution in [1.29, 1.82) is 0 Å². The van der Waals surface area contributed by atoms with Crippen LogP contribution in [-0.2, 0) is 11.0 Å². The number of amides is 1. The lowest BCUT2D eigenvalue weighted by Crippen LogP contribution is -2.19. The Morgan fingerprint density at radius 1 is 1.18 bits per heavy atom. The molecule has 0 atom stereocenters. The molecule has 0 aliphatic rings. The van der Waals surface area contributed by atoms with Gasteiger partial charge in [-0.15, -0.1) is 10.2 Å². The number of nitrogen functional groups attached to an aromatic ring is 1. The van der Waals surface area contributed by atoms with Crippen LogP contribution in [0.2, 0.25) is 0 Å². The summed E-state index contributed by atoms with van der Waals surface area (Å²) in [5.41, 5.74) is 0.745. The second kappa shape index (κ2) is 9.47. The molecule has 9 nitrogen and oxygen atoms in total. The molecule has 0 unspecified atom stereocenters. The lowest BCUT2D eigenvalue weighted by atomic mass is 10.1. The second-order valence-electron chi connectivity index (χ2n) is 6.95. The van der Waals surface area contributed by atoms with Crippen molar-refractivity contribution in [1.82, 2.24) is 25.1 Å². The number of rotatable bonds is 7. The third kappa shape index (κ3) is 4.98. The third-order valence-corrected chi connectivity index (χ3v) is 5.65. The van der Waals surface area contributed by atoms with Crippen molar-refractivity contribution in [3.05, 3.63) is 60.2 Å². The molecule has 0 aliphatic heterocycles. The zero-order chi connectivity index (χ0) is 24.3. The van der Waals surface area contributed by atoms with Crippen LogP contribution in [0.5, 0.6) is 5.75 Å². The van der Waals surface area contributed by atoms with Gasteiger partial charge in [-0.25, -0.2) is 4.68 Å². The summed E-state index contributed by atoms with van der Waals surface area (Å²) in [7, 11) is 1.58. The van der Waals surface area contributed by atoms with Gasteiger partial charge in [0.25, 0.3) is 0 Å². The number of nitrogens with one attached hydrogen (secondary N) is 2. The van der Waals surface area contributed by atoms with Gasteiger partial charge in [0.2, 0.25) is 16.9 Å². The van der Waals surface area contributed by atoms with Gasteiger partial charge >= 0.3 is 6.18 Å². The van der Waals surface area contributed by atoms with E-state index in [-0.39, 0.29) is 22.4 Å². The summed E-state index contributed by atoms with van der Waals surface area (Å²) in [5, 5.41) is 17.6. The average molecular weight is 489 g/mol. The van der Waals surface area contributed by atoms with E-state index in [1.165, 1.54) is 22.9 Å². The van der Waals surface area contributed by atoms with Crippen LogP contribution in [0.3, 0.4) is 0 Å². The van der Waals surface area contributed by atoms with Crippen molar-refractivity contribution in [2.75, 3.05) is 24.0 Å². The number of methoxy groups -OCH3 is 1. The molecule has 0 aliphatic carbocycles. The van der Waals surface area contributed by atoms with Crippen LogP contribution in [0, 0.1) is 0 Å². The van der Waals surface area contributed by atoms with Crippen molar-refractivity contribution in [3.8, 4) is 28.5 Å². The van der Waals surface area contributed by atoms with Crippen LogP contribution in [0.1, 0.15) is 5.56 Å². The number of H-pyrrole nitrogens is 1. The number of aromatic amines is 1. The average Bonchev–Trinajstić information content (AvgIpc) is 3.44. The molecule has 4 N–H and O–H groups in total. The van der Waals surface area contributed by atoms with Gasteiger partial charge in [0.15, 0.2) is 0 Å². The van der Waals surface area contributed by atoms with Crippen LogP contribution < -0.4 is 15.9 Å². The number of aromatic nitrogens is 5. The molecule has 176 valence electrons. The number of nitrogens with two attached hydrogens (primary N) is 1. The molecular formula is C21H18F3N7O2S. The van der Waals surface area contributed by atoms with Crippen LogP contribution in [0.15, 0.2) is 59.8 Å². The molecule has 34 heavy (non-hydrogen) atoms. The molecule has 1 amide bonds. The van der Waals surface area contributed by atoms with E-state index in [0.29, 0.717) is 17.1 Å². The van der Waals surface area contributed by atoms with E-state index in [0.717, 1.165) is 23.4 Å². The van der Waals surface area contributed by atoms with E-state index in [1.54, 1.807) is 13.2 Å². The van der Waals surface area contributed by atoms with Gasteiger partial charge in [-0.2, -0.15) is 18.3 Å². The van der Waals surface area contributed by atoms with Gasteiger partial charge in [0.05, 0.1) is 29.8 Å². The lowest BCUT2D eigenvalue weighted by Gasteiger charge is -2.13. The maximum atomic E-state index is 13.1. The fraction of sp³-hybridized carbons (Fsp3) is 0.143. The summed E-state index contributed by atoms with van der Waals surface area (Å²) in [6.45, 7) is 0. The number of benzene rings is 2. The van der Waals surface area contributed by atoms with E-state index < -0.39 is 17.6 Å². The normalized spacial score (nSPS) is 11.4. The molecule has 0 spiro atoms. The SMILES string of the molecule is COc1ccc(-c2cc(-c3nnc(SCC(=O)Nc4ccccc4C(F)(F)F)n3N)[nH]n2)cc1. The molecule has 0 saturated carbocycles. The summed E-state index contributed by atoms with van der Waals surface area (Å²) in [6, 6.07) is 13.8. The molecule has 0 radical (unpaired) electrons. The molecule has 0 saturated heterocycles. The quantitative estimate of drug-likeness (QED) is 0.266. The molecule has 2 heterocycles. The molecule has 0 fully saturated rings. The van der Waals surface area contributed by atoms with Gasteiger partial charge in [0, 0.05) is 5.56 Å². The van der Waals surface area contributed by atoms with Crippen molar-refractivity contribution in [2.24, 2.45) is 0 Å². The summed E-state index contributed by atoms with van der Waals surface area (Å²) in [6.07, 6.45) is -4.59.